The monoisotopic (exact) mass is 461 g/mol. The van der Waals surface area contributed by atoms with Crippen LogP contribution in [0, 0.1) is 19.3 Å². The Morgan fingerprint density at radius 1 is 1.00 bits per heavy atom. The summed E-state index contributed by atoms with van der Waals surface area (Å²) in [4.78, 5) is 33.7. The average molecular weight is 463 g/mol. The number of aryl methyl sites for hydroxylation is 2. The highest BCUT2D eigenvalue weighted by atomic mass is 35.5. The van der Waals surface area contributed by atoms with Gasteiger partial charge in [0.1, 0.15) is 0 Å². The molecule has 1 fully saturated rings. The maximum atomic E-state index is 13.0. The van der Waals surface area contributed by atoms with Gasteiger partial charge in [-0.25, -0.2) is 0 Å². The number of carbonyl (C=O) groups is 2. The predicted octanol–water partition coefficient (Wildman–Crippen LogP) is 3.31. The molecule has 0 aliphatic carbocycles. The van der Waals surface area contributed by atoms with Crippen molar-refractivity contribution in [2.45, 2.75) is 26.7 Å². The molecule has 2 aromatic heterocycles. The van der Waals surface area contributed by atoms with E-state index >= 15 is 0 Å². The van der Waals surface area contributed by atoms with E-state index in [0.29, 0.717) is 30.9 Å². The first kappa shape index (κ1) is 27.1. The Morgan fingerprint density at radius 2 is 1.55 bits per heavy atom. The molecular weight excluding hydrogens is 437 g/mol. The van der Waals surface area contributed by atoms with Crippen LogP contribution in [0.1, 0.15) is 24.0 Å². The number of nitrogens with zero attached hydrogens (tertiary/aromatic N) is 2. The van der Waals surface area contributed by atoms with E-state index in [2.05, 4.69) is 25.9 Å². The molecule has 10 heteroatoms. The first-order chi connectivity index (χ1) is 12.5. The summed E-state index contributed by atoms with van der Waals surface area (Å²) < 4.78 is 0. The number of halogens is 3. The normalized spacial score (nSPS) is 17.2. The lowest BCUT2D eigenvalue weighted by atomic mass is 9.82. The van der Waals surface area contributed by atoms with Crippen molar-refractivity contribution in [1.82, 2.24) is 15.3 Å². The van der Waals surface area contributed by atoms with E-state index < -0.39 is 5.41 Å². The third-order valence-corrected chi connectivity index (χ3v) is 4.82. The standard InChI is InChI=1S/C19H23N5O2.3ClH/c1-13-3-6-20-10-15(13)23-17(25)9-19(5-8-22-12-19)18(26)24-16-11-21-7-4-14(16)2;;;/h3-4,6-7,10-11,22H,5,8-9,12H2,1-2H3,(H,23,25)(H,24,26);3*1H. The van der Waals surface area contributed by atoms with Crippen molar-refractivity contribution in [1.29, 1.82) is 0 Å². The molecule has 1 aliphatic rings. The van der Waals surface area contributed by atoms with Crippen molar-refractivity contribution in [2.24, 2.45) is 5.41 Å². The van der Waals surface area contributed by atoms with Crippen LogP contribution in [-0.2, 0) is 9.59 Å². The van der Waals surface area contributed by atoms with Gasteiger partial charge < -0.3 is 16.0 Å². The molecule has 3 N–H and O–H groups in total. The Morgan fingerprint density at radius 3 is 2.03 bits per heavy atom. The molecular formula is C19H26Cl3N5O2. The number of hydrogen-bond acceptors (Lipinski definition) is 5. The summed E-state index contributed by atoms with van der Waals surface area (Å²) in [5.41, 5.74) is 2.43. The largest absolute Gasteiger partial charge is 0.324 e. The second-order valence-electron chi connectivity index (χ2n) is 6.77. The molecule has 0 aromatic carbocycles. The summed E-state index contributed by atoms with van der Waals surface area (Å²) >= 11 is 0. The van der Waals surface area contributed by atoms with Gasteiger partial charge in [-0.2, -0.15) is 0 Å². The van der Waals surface area contributed by atoms with Gasteiger partial charge in [-0.3, -0.25) is 19.6 Å². The molecule has 160 valence electrons. The van der Waals surface area contributed by atoms with Crippen LogP contribution in [0.4, 0.5) is 11.4 Å². The van der Waals surface area contributed by atoms with Gasteiger partial charge in [0.05, 0.1) is 29.2 Å². The maximum Gasteiger partial charge on any atom is 0.232 e. The van der Waals surface area contributed by atoms with Crippen LogP contribution in [0.25, 0.3) is 0 Å². The molecule has 2 amide bonds. The van der Waals surface area contributed by atoms with E-state index in [1.807, 2.05) is 26.0 Å². The van der Waals surface area contributed by atoms with E-state index in [4.69, 9.17) is 0 Å². The zero-order valence-corrected chi connectivity index (χ0v) is 18.7. The minimum atomic E-state index is -0.775. The van der Waals surface area contributed by atoms with Crippen molar-refractivity contribution in [3.05, 3.63) is 48.0 Å². The zero-order chi connectivity index (χ0) is 18.6. The summed E-state index contributed by atoms with van der Waals surface area (Å²) in [6.45, 7) is 4.99. The van der Waals surface area contributed by atoms with Crippen LogP contribution in [-0.4, -0.2) is 34.9 Å². The van der Waals surface area contributed by atoms with Crippen LogP contribution >= 0.6 is 37.2 Å². The smallest absolute Gasteiger partial charge is 0.232 e. The molecule has 1 aliphatic heterocycles. The molecule has 1 atom stereocenters. The van der Waals surface area contributed by atoms with Gasteiger partial charge in [0.2, 0.25) is 11.8 Å². The number of hydrogen-bond donors (Lipinski definition) is 3. The Labute approximate surface area is 189 Å². The zero-order valence-electron chi connectivity index (χ0n) is 16.2. The Hall–Kier alpha value is -1.93. The minimum Gasteiger partial charge on any atom is -0.324 e. The molecule has 3 rings (SSSR count). The van der Waals surface area contributed by atoms with Gasteiger partial charge >= 0.3 is 0 Å². The Kier molecular flexibility index (Phi) is 11.1. The van der Waals surface area contributed by atoms with Gasteiger partial charge in [0.25, 0.3) is 0 Å². The number of rotatable bonds is 5. The van der Waals surface area contributed by atoms with Crippen LogP contribution in [0.5, 0.6) is 0 Å². The third-order valence-electron chi connectivity index (χ3n) is 4.82. The molecule has 2 aromatic rings. The Balaban J connectivity index is 0.00000261. The van der Waals surface area contributed by atoms with Gasteiger partial charge in [-0.15, -0.1) is 37.2 Å². The molecule has 0 radical (unpaired) electrons. The van der Waals surface area contributed by atoms with Crippen molar-refractivity contribution in [2.75, 3.05) is 23.7 Å². The number of carbonyl (C=O) groups excluding carboxylic acids is 2. The molecule has 1 saturated heterocycles. The predicted molar refractivity (Wildman–Crippen MR) is 121 cm³/mol. The van der Waals surface area contributed by atoms with Crippen molar-refractivity contribution in [3.63, 3.8) is 0 Å². The second kappa shape index (κ2) is 11.9. The molecule has 1 unspecified atom stereocenters. The van der Waals surface area contributed by atoms with Crippen LogP contribution < -0.4 is 16.0 Å². The molecule has 0 bridgehead atoms. The minimum absolute atomic E-state index is 0. The lowest BCUT2D eigenvalue weighted by molar-refractivity contribution is -0.129. The highest BCUT2D eigenvalue weighted by Gasteiger charge is 2.43. The summed E-state index contributed by atoms with van der Waals surface area (Å²) in [6.07, 6.45) is 7.32. The van der Waals surface area contributed by atoms with Gasteiger partial charge in [-0.05, 0) is 50.1 Å². The third kappa shape index (κ3) is 6.54. The number of anilines is 2. The summed E-state index contributed by atoms with van der Waals surface area (Å²) in [7, 11) is 0. The number of amides is 2. The highest BCUT2D eigenvalue weighted by molar-refractivity contribution is 6.01. The van der Waals surface area contributed by atoms with Crippen LogP contribution in [0.3, 0.4) is 0 Å². The van der Waals surface area contributed by atoms with E-state index in [-0.39, 0.29) is 55.5 Å². The molecule has 3 heterocycles. The van der Waals surface area contributed by atoms with E-state index in [1.165, 1.54) is 0 Å². The first-order valence-corrected chi connectivity index (χ1v) is 8.63. The van der Waals surface area contributed by atoms with E-state index in [0.717, 1.165) is 11.1 Å². The van der Waals surface area contributed by atoms with Gasteiger partial charge in [-0.1, -0.05) is 0 Å². The Bertz CT molecular complexity index is 829. The van der Waals surface area contributed by atoms with Crippen molar-refractivity contribution >= 4 is 60.4 Å². The number of aromatic nitrogens is 2. The summed E-state index contributed by atoms with van der Waals surface area (Å²) in [5.74, 6) is -0.348. The molecule has 7 nitrogen and oxygen atoms in total. The fraction of sp³-hybridized carbons (Fsp3) is 0.368. The number of pyridine rings is 2. The SMILES string of the molecule is Cc1ccncc1NC(=O)CC1(C(=O)Nc2cnccc2C)CCNC1.Cl.Cl.Cl. The van der Waals surface area contributed by atoms with Crippen molar-refractivity contribution in [3.8, 4) is 0 Å². The lowest BCUT2D eigenvalue weighted by Crippen LogP contribution is -2.41. The molecule has 0 saturated carbocycles. The fourth-order valence-corrected chi connectivity index (χ4v) is 3.12. The van der Waals surface area contributed by atoms with Crippen LogP contribution in [0.2, 0.25) is 0 Å². The topological polar surface area (TPSA) is 96.0 Å². The number of nitrogens with one attached hydrogen (secondary N) is 3. The fourth-order valence-electron chi connectivity index (χ4n) is 3.12. The van der Waals surface area contributed by atoms with E-state index in [9.17, 15) is 9.59 Å². The first-order valence-electron chi connectivity index (χ1n) is 8.63. The maximum absolute atomic E-state index is 13.0. The summed E-state index contributed by atoms with van der Waals surface area (Å²) in [5, 5.41) is 9.02. The van der Waals surface area contributed by atoms with Crippen molar-refractivity contribution < 1.29 is 9.59 Å². The molecule has 0 spiro atoms. The van der Waals surface area contributed by atoms with E-state index in [1.54, 1.807) is 24.8 Å². The summed E-state index contributed by atoms with van der Waals surface area (Å²) in [6, 6.07) is 3.67. The van der Waals surface area contributed by atoms with Gasteiger partial charge in [0, 0.05) is 25.4 Å². The molecule has 29 heavy (non-hydrogen) atoms. The second-order valence-corrected chi connectivity index (χ2v) is 6.77. The highest BCUT2D eigenvalue weighted by Crippen LogP contribution is 2.32. The quantitative estimate of drug-likeness (QED) is 0.633. The lowest BCUT2D eigenvalue weighted by Gasteiger charge is -2.26. The van der Waals surface area contributed by atoms with Gasteiger partial charge in [0.15, 0.2) is 0 Å². The average Bonchev–Trinajstić information content (AvgIpc) is 3.08. The van der Waals surface area contributed by atoms with Crippen LogP contribution in [0.15, 0.2) is 36.9 Å².